The Kier molecular flexibility index (Phi) is 13.2. The van der Waals surface area contributed by atoms with Crippen molar-refractivity contribution in [1.82, 2.24) is 15.0 Å². The van der Waals surface area contributed by atoms with Gasteiger partial charge < -0.3 is 11.2 Å². The minimum Gasteiger partial charge on any atom is -0.324 e. The number of carbonyl (C=O) groups is 1. The first kappa shape index (κ1) is 22.4. The first-order chi connectivity index (χ1) is 11.6. The number of aromatic nitrogens is 3. The molecule has 2 heterocycles. The van der Waals surface area contributed by atoms with Gasteiger partial charge in [0, 0.05) is 32.3 Å². The second kappa shape index (κ2) is 14.1. The van der Waals surface area contributed by atoms with Crippen molar-refractivity contribution in [1.29, 1.82) is 10.5 Å². The molecule has 9 heteroatoms. The number of amides is 1. The third-order valence-electron chi connectivity index (χ3n) is 2.17. The number of nitrogens with zero attached hydrogens (tertiary/aromatic N) is 6. The van der Waals surface area contributed by atoms with E-state index >= 15 is 0 Å². The zero-order valence-corrected chi connectivity index (χ0v) is 13.4. The lowest BCUT2D eigenvalue weighted by molar-refractivity contribution is 0.102. The molecule has 0 aromatic carbocycles. The van der Waals surface area contributed by atoms with Crippen LogP contribution in [0.2, 0.25) is 0 Å². The van der Waals surface area contributed by atoms with Crippen LogP contribution in [0.25, 0.3) is 0 Å². The van der Waals surface area contributed by atoms with E-state index < -0.39 is 0 Å². The maximum atomic E-state index is 11.8. The molecule has 1 amide bonds. The molecular formula is C15H18N8O. The second-order valence-electron chi connectivity index (χ2n) is 3.90. The van der Waals surface area contributed by atoms with Crippen LogP contribution in [-0.2, 0) is 0 Å². The minimum atomic E-state index is -0.310. The number of aryl methyl sites for hydroxylation is 2. The number of rotatable bonds is 2. The first-order valence-electron chi connectivity index (χ1n) is 6.27. The van der Waals surface area contributed by atoms with Gasteiger partial charge in [-0.25, -0.2) is 20.5 Å². The van der Waals surface area contributed by atoms with E-state index in [1.807, 2.05) is 19.9 Å². The van der Waals surface area contributed by atoms with Gasteiger partial charge in [-0.3, -0.25) is 9.78 Å². The molecule has 0 aliphatic heterocycles. The van der Waals surface area contributed by atoms with Crippen LogP contribution >= 0.6 is 0 Å². The average Bonchev–Trinajstić information content (AvgIpc) is 2.60. The number of anilines is 1. The number of nitrogens with two attached hydrogens (primary N) is 1. The standard InChI is InChI=1S/C12H12N4O.CH4N2.2CHN/c1-8-3-4-13-11(5-8)16-12(17)10-7-14-9(2)6-15-10;1-3-2;2*1-2/h3-7H,1-2H3,(H,13,16,17);1-2H2;2*1H. The Bertz CT molecular complexity index is 658. The zero-order chi connectivity index (χ0) is 19.0. The van der Waals surface area contributed by atoms with Crippen molar-refractivity contribution in [2.75, 3.05) is 5.32 Å². The summed E-state index contributed by atoms with van der Waals surface area (Å²) in [5.74, 6) is 4.56. The predicted octanol–water partition coefficient (Wildman–Crippen LogP) is 1.58. The van der Waals surface area contributed by atoms with Gasteiger partial charge in [-0.2, -0.15) is 5.10 Å². The molecule has 0 atom stereocenters. The van der Waals surface area contributed by atoms with E-state index in [0.29, 0.717) is 5.82 Å². The van der Waals surface area contributed by atoms with Crippen LogP contribution in [0.5, 0.6) is 0 Å². The predicted molar refractivity (Wildman–Crippen MR) is 90.8 cm³/mol. The van der Waals surface area contributed by atoms with E-state index in [-0.39, 0.29) is 11.6 Å². The summed E-state index contributed by atoms with van der Waals surface area (Å²) in [6.07, 6.45) is 4.64. The fraction of sp³-hybridized carbons (Fsp3) is 0.133. The SMILES string of the molecule is C#N.C#N.C=NN.Cc1ccnc(NC(=O)c2cnc(C)cn2)c1. The lowest BCUT2D eigenvalue weighted by Gasteiger charge is -2.04. The lowest BCUT2D eigenvalue weighted by atomic mass is 10.3. The maximum absolute atomic E-state index is 11.8. The van der Waals surface area contributed by atoms with Crippen LogP contribution in [0.1, 0.15) is 21.7 Å². The van der Waals surface area contributed by atoms with Crippen LogP contribution in [0.4, 0.5) is 5.82 Å². The van der Waals surface area contributed by atoms with Crippen LogP contribution in [0.3, 0.4) is 0 Å². The monoisotopic (exact) mass is 326 g/mol. The highest BCUT2D eigenvalue weighted by Crippen LogP contribution is 2.06. The van der Waals surface area contributed by atoms with Crippen molar-refractivity contribution in [2.45, 2.75) is 13.8 Å². The molecule has 9 nitrogen and oxygen atoms in total. The normalized spacial score (nSPS) is 7.75. The van der Waals surface area contributed by atoms with Gasteiger partial charge in [0.05, 0.1) is 11.9 Å². The molecule has 0 radical (unpaired) electrons. The highest BCUT2D eigenvalue weighted by Gasteiger charge is 2.08. The fourth-order valence-electron chi connectivity index (χ4n) is 1.29. The Morgan fingerprint density at radius 2 is 1.79 bits per heavy atom. The number of hydrogen-bond donors (Lipinski definition) is 2. The Morgan fingerprint density at radius 1 is 1.21 bits per heavy atom. The summed E-state index contributed by atoms with van der Waals surface area (Å²) in [4.78, 5) is 23.8. The van der Waals surface area contributed by atoms with Gasteiger partial charge >= 0.3 is 0 Å². The van der Waals surface area contributed by atoms with Gasteiger partial charge in [0.2, 0.25) is 0 Å². The van der Waals surface area contributed by atoms with E-state index in [1.54, 1.807) is 18.5 Å². The third-order valence-corrected chi connectivity index (χ3v) is 2.17. The van der Waals surface area contributed by atoms with Crippen molar-refractivity contribution in [3.8, 4) is 13.1 Å². The molecule has 0 saturated heterocycles. The number of nitrogens with one attached hydrogen (secondary N) is 1. The molecule has 0 bridgehead atoms. The number of hydrazone groups is 1. The summed E-state index contributed by atoms with van der Waals surface area (Å²) in [6.45, 7) is 13.6. The minimum absolute atomic E-state index is 0.277. The molecular weight excluding hydrogens is 308 g/mol. The molecule has 0 saturated carbocycles. The molecule has 0 unspecified atom stereocenters. The molecule has 124 valence electrons. The Morgan fingerprint density at radius 3 is 2.25 bits per heavy atom. The summed E-state index contributed by atoms with van der Waals surface area (Å²) in [6, 6.07) is 3.65. The van der Waals surface area contributed by atoms with Crippen molar-refractivity contribution in [3.63, 3.8) is 0 Å². The van der Waals surface area contributed by atoms with Gasteiger partial charge in [0.15, 0.2) is 0 Å². The van der Waals surface area contributed by atoms with E-state index in [1.165, 1.54) is 6.20 Å². The molecule has 2 rings (SSSR count). The highest BCUT2D eigenvalue weighted by atomic mass is 16.1. The Hall–Kier alpha value is -3.85. The van der Waals surface area contributed by atoms with E-state index in [2.05, 4.69) is 51.1 Å². The summed E-state index contributed by atoms with van der Waals surface area (Å²) >= 11 is 0. The summed E-state index contributed by atoms with van der Waals surface area (Å²) in [5, 5.41) is 18.4. The van der Waals surface area contributed by atoms with Crippen molar-refractivity contribution in [3.05, 3.63) is 47.7 Å². The van der Waals surface area contributed by atoms with Gasteiger partial charge in [-0.15, -0.1) is 0 Å². The molecule has 0 aliphatic rings. The van der Waals surface area contributed by atoms with E-state index in [0.717, 1.165) is 11.3 Å². The Labute approximate surface area is 140 Å². The molecule has 3 N–H and O–H groups in total. The topological polar surface area (TPSA) is 154 Å². The summed E-state index contributed by atoms with van der Waals surface area (Å²) in [5.41, 5.74) is 2.08. The van der Waals surface area contributed by atoms with Crippen molar-refractivity contribution in [2.24, 2.45) is 10.9 Å². The van der Waals surface area contributed by atoms with Crippen LogP contribution < -0.4 is 11.2 Å². The highest BCUT2D eigenvalue weighted by molar-refractivity contribution is 6.02. The van der Waals surface area contributed by atoms with Gasteiger partial charge in [0.1, 0.15) is 11.5 Å². The third kappa shape index (κ3) is 9.15. The molecule has 2 aromatic rings. The number of hydrogen-bond acceptors (Lipinski definition) is 8. The van der Waals surface area contributed by atoms with Crippen LogP contribution in [0.15, 0.2) is 35.8 Å². The quantitative estimate of drug-likeness (QED) is 0.482. The fourth-order valence-corrected chi connectivity index (χ4v) is 1.29. The van der Waals surface area contributed by atoms with Gasteiger partial charge in [0.25, 0.3) is 5.91 Å². The van der Waals surface area contributed by atoms with Crippen molar-refractivity contribution < 1.29 is 4.79 Å². The van der Waals surface area contributed by atoms with Gasteiger partial charge in [-0.1, -0.05) is 0 Å². The number of nitriles is 2. The van der Waals surface area contributed by atoms with Crippen LogP contribution in [-0.4, -0.2) is 27.6 Å². The van der Waals surface area contributed by atoms with E-state index in [9.17, 15) is 4.79 Å². The smallest absolute Gasteiger partial charge is 0.277 e. The second-order valence-corrected chi connectivity index (χ2v) is 3.90. The Balaban J connectivity index is 0. The average molecular weight is 326 g/mol. The maximum Gasteiger partial charge on any atom is 0.277 e. The zero-order valence-electron chi connectivity index (χ0n) is 13.4. The molecule has 24 heavy (non-hydrogen) atoms. The van der Waals surface area contributed by atoms with Crippen molar-refractivity contribution >= 4 is 18.4 Å². The lowest BCUT2D eigenvalue weighted by Crippen LogP contribution is -2.15. The molecule has 0 aliphatic carbocycles. The number of pyridine rings is 1. The molecule has 0 fully saturated rings. The summed E-state index contributed by atoms with van der Waals surface area (Å²) < 4.78 is 0. The first-order valence-corrected chi connectivity index (χ1v) is 6.27. The van der Waals surface area contributed by atoms with Crippen LogP contribution in [0, 0.1) is 37.5 Å². The van der Waals surface area contributed by atoms with Gasteiger partial charge in [-0.05, 0) is 31.5 Å². The largest absolute Gasteiger partial charge is 0.324 e. The van der Waals surface area contributed by atoms with E-state index in [4.69, 9.17) is 10.5 Å². The number of carbonyl (C=O) groups excluding carboxylic acids is 1. The molecule has 2 aromatic heterocycles. The summed E-state index contributed by atoms with van der Waals surface area (Å²) in [7, 11) is 0. The molecule has 0 spiro atoms.